The maximum absolute atomic E-state index is 4.21. The van der Waals surface area contributed by atoms with E-state index in [4.69, 9.17) is 0 Å². The van der Waals surface area contributed by atoms with Gasteiger partial charge in [0.05, 0.1) is 7.59 Å². The minimum atomic E-state index is -1.49. The predicted octanol–water partition coefficient (Wildman–Crippen LogP) is 5.43. The quantitative estimate of drug-likeness (QED) is 0.560. The Balaban J connectivity index is 5.83. The fourth-order valence-corrected chi connectivity index (χ4v) is 23.9. The van der Waals surface area contributed by atoms with Gasteiger partial charge in [-0.05, 0) is 32.4 Å². The summed E-state index contributed by atoms with van der Waals surface area (Å²) in [6, 6.07) is 6.35. The van der Waals surface area contributed by atoms with E-state index in [1.54, 1.807) is 5.20 Å². The standard InChI is InChI=1S/C16H37NSi2/c1-9-15(7)17-19(14-6,16(8)10-2)18(11-3,12-4)13-5/h10,15,17H,9,11-14H2,1-8H3/b16-10+. The molecule has 0 amide bonds. The van der Waals surface area contributed by atoms with Gasteiger partial charge in [-0.15, -0.1) is 0 Å². The van der Waals surface area contributed by atoms with Crippen molar-refractivity contribution >= 4 is 15.3 Å². The number of hydrogen-bond acceptors (Lipinski definition) is 1. The molecule has 1 N–H and O–H groups in total. The molecule has 19 heavy (non-hydrogen) atoms. The van der Waals surface area contributed by atoms with Gasteiger partial charge in [0.25, 0.3) is 0 Å². The average molecular weight is 300 g/mol. The third kappa shape index (κ3) is 3.62. The highest BCUT2D eigenvalue weighted by Gasteiger charge is 2.51. The molecule has 114 valence electrons. The van der Waals surface area contributed by atoms with E-state index >= 15 is 0 Å². The van der Waals surface area contributed by atoms with E-state index in [1.807, 2.05) is 0 Å². The topological polar surface area (TPSA) is 12.0 Å². The van der Waals surface area contributed by atoms with E-state index in [0.717, 1.165) is 0 Å². The number of hydrogen-bond donors (Lipinski definition) is 1. The average Bonchev–Trinajstić information content (AvgIpc) is 2.46. The van der Waals surface area contributed by atoms with Crippen molar-refractivity contribution < 1.29 is 0 Å². The molecule has 2 atom stereocenters. The van der Waals surface area contributed by atoms with Crippen molar-refractivity contribution in [3.8, 4) is 0 Å². The molecule has 0 fully saturated rings. The van der Waals surface area contributed by atoms with E-state index in [-0.39, 0.29) is 0 Å². The van der Waals surface area contributed by atoms with Gasteiger partial charge in [-0.1, -0.05) is 70.9 Å². The van der Waals surface area contributed by atoms with Crippen LogP contribution in [0.15, 0.2) is 11.3 Å². The van der Waals surface area contributed by atoms with Crippen molar-refractivity contribution in [1.82, 2.24) is 4.98 Å². The summed E-state index contributed by atoms with van der Waals surface area (Å²) in [5.41, 5.74) is 0. The van der Waals surface area contributed by atoms with Gasteiger partial charge in [-0.2, -0.15) is 0 Å². The molecule has 0 aliphatic carbocycles. The monoisotopic (exact) mass is 299 g/mol. The second-order valence-corrected chi connectivity index (χ2v) is 20.0. The molecule has 0 aromatic carbocycles. The summed E-state index contributed by atoms with van der Waals surface area (Å²) in [4.78, 5) is 4.21. The minimum Gasteiger partial charge on any atom is -0.333 e. The Hall–Kier alpha value is 0.134. The maximum Gasteiger partial charge on any atom is 0.142 e. The van der Waals surface area contributed by atoms with Crippen LogP contribution in [0.1, 0.15) is 61.8 Å². The van der Waals surface area contributed by atoms with Gasteiger partial charge in [0.1, 0.15) is 7.75 Å². The lowest BCUT2D eigenvalue weighted by molar-refractivity contribution is 0.643. The first-order valence-electron chi connectivity index (χ1n) is 8.34. The highest BCUT2D eigenvalue weighted by atomic mass is 29.3. The molecule has 3 heteroatoms. The van der Waals surface area contributed by atoms with Gasteiger partial charge < -0.3 is 4.98 Å². The first kappa shape index (κ1) is 19.1. The SMILES string of the molecule is C/C=C(\C)[Si](CC)(NC(C)CC)[Si](CC)(CC)CC. The Morgan fingerprint density at radius 3 is 1.74 bits per heavy atom. The van der Waals surface area contributed by atoms with Crippen LogP contribution >= 0.6 is 0 Å². The second kappa shape index (κ2) is 8.43. The van der Waals surface area contributed by atoms with E-state index < -0.39 is 15.3 Å². The third-order valence-corrected chi connectivity index (χ3v) is 26.5. The van der Waals surface area contributed by atoms with Crippen LogP contribution in [0.25, 0.3) is 0 Å². The zero-order valence-electron chi connectivity index (χ0n) is 14.7. The van der Waals surface area contributed by atoms with Crippen LogP contribution in [0.4, 0.5) is 0 Å². The Morgan fingerprint density at radius 2 is 1.47 bits per heavy atom. The molecular weight excluding hydrogens is 262 g/mol. The summed E-state index contributed by atoms with van der Waals surface area (Å²) < 4.78 is 0. The molecule has 0 bridgehead atoms. The fourth-order valence-electron chi connectivity index (χ4n) is 3.87. The summed E-state index contributed by atoms with van der Waals surface area (Å²) in [5.74, 6) is 0. The lowest BCUT2D eigenvalue weighted by atomic mass is 10.3. The first-order valence-corrected chi connectivity index (χ1v) is 14.2. The molecule has 0 aliphatic heterocycles. The Bertz CT molecular complexity index is 276. The summed E-state index contributed by atoms with van der Waals surface area (Å²) >= 11 is 0. The zero-order valence-corrected chi connectivity index (χ0v) is 16.7. The minimum absolute atomic E-state index is 0.665. The Morgan fingerprint density at radius 1 is 1.00 bits per heavy atom. The molecule has 0 saturated heterocycles. The van der Waals surface area contributed by atoms with Crippen LogP contribution in [0.3, 0.4) is 0 Å². The Kier molecular flexibility index (Phi) is 8.49. The molecule has 0 aliphatic rings. The number of allylic oxidation sites excluding steroid dienone is 2. The molecule has 0 aromatic rings. The van der Waals surface area contributed by atoms with Crippen LogP contribution in [0, 0.1) is 0 Å². The van der Waals surface area contributed by atoms with Crippen molar-refractivity contribution in [2.75, 3.05) is 0 Å². The van der Waals surface area contributed by atoms with Crippen LogP contribution < -0.4 is 4.98 Å². The molecule has 1 nitrogen and oxygen atoms in total. The summed E-state index contributed by atoms with van der Waals surface area (Å²) in [7, 11) is -2.69. The smallest absolute Gasteiger partial charge is 0.142 e. The van der Waals surface area contributed by atoms with Crippen LogP contribution in [0.2, 0.25) is 24.2 Å². The molecule has 0 radical (unpaired) electrons. The second-order valence-electron chi connectivity index (χ2n) is 6.03. The van der Waals surface area contributed by atoms with E-state index in [9.17, 15) is 0 Å². The van der Waals surface area contributed by atoms with Crippen molar-refractivity contribution in [2.45, 2.75) is 92.0 Å². The van der Waals surface area contributed by atoms with Gasteiger partial charge in [0, 0.05) is 0 Å². The van der Waals surface area contributed by atoms with E-state index in [2.05, 4.69) is 66.4 Å². The van der Waals surface area contributed by atoms with Gasteiger partial charge in [0.2, 0.25) is 0 Å². The molecular formula is C16H37NSi2. The molecule has 0 rings (SSSR count). The fraction of sp³-hybridized carbons (Fsp3) is 0.875. The van der Waals surface area contributed by atoms with Gasteiger partial charge in [0.15, 0.2) is 0 Å². The van der Waals surface area contributed by atoms with E-state index in [0.29, 0.717) is 6.04 Å². The van der Waals surface area contributed by atoms with Gasteiger partial charge >= 0.3 is 0 Å². The summed E-state index contributed by atoms with van der Waals surface area (Å²) in [6.45, 7) is 19.1. The molecule has 0 saturated carbocycles. The third-order valence-electron chi connectivity index (χ3n) is 5.68. The van der Waals surface area contributed by atoms with Gasteiger partial charge in [-0.25, -0.2) is 0 Å². The maximum atomic E-state index is 4.21. The number of nitrogens with one attached hydrogen (secondary N) is 1. The van der Waals surface area contributed by atoms with Crippen molar-refractivity contribution in [1.29, 1.82) is 0 Å². The van der Waals surface area contributed by atoms with Gasteiger partial charge in [-0.3, -0.25) is 0 Å². The lowest BCUT2D eigenvalue weighted by Gasteiger charge is -2.49. The first-order chi connectivity index (χ1) is 8.93. The highest BCUT2D eigenvalue weighted by molar-refractivity contribution is 7.44. The molecule has 0 spiro atoms. The van der Waals surface area contributed by atoms with E-state index in [1.165, 1.54) is 30.6 Å². The molecule has 0 heterocycles. The van der Waals surface area contributed by atoms with Crippen molar-refractivity contribution in [2.24, 2.45) is 0 Å². The van der Waals surface area contributed by atoms with Crippen LogP contribution in [0.5, 0.6) is 0 Å². The van der Waals surface area contributed by atoms with Crippen LogP contribution in [-0.2, 0) is 0 Å². The van der Waals surface area contributed by atoms with Crippen molar-refractivity contribution in [3.05, 3.63) is 11.3 Å². The highest BCUT2D eigenvalue weighted by Crippen LogP contribution is 2.36. The summed E-state index contributed by atoms with van der Waals surface area (Å²) in [5, 5.41) is 1.72. The normalized spacial score (nSPS) is 18.2. The zero-order chi connectivity index (χ0) is 15.1. The Labute approximate surface area is 124 Å². The number of rotatable bonds is 9. The summed E-state index contributed by atoms with van der Waals surface area (Å²) in [6.07, 6.45) is 3.65. The van der Waals surface area contributed by atoms with Crippen molar-refractivity contribution in [3.63, 3.8) is 0 Å². The van der Waals surface area contributed by atoms with Crippen LogP contribution in [-0.4, -0.2) is 21.4 Å². The largest absolute Gasteiger partial charge is 0.333 e. The molecule has 0 aromatic heterocycles. The molecule has 2 unspecified atom stereocenters. The predicted molar refractivity (Wildman–Crippen MR) is 95.8 cm³/mol. The lowest BCUT2D eigenvalue weighted by Crippen LogP contribution is -2.72.